The van der Waals surface area contributed by atoms with E-state index in [1.54, 1.807) is 0 Å². The summed E-state index contributed by atoms with van der Waals surface area (Å²) >= 11 is 1.35. The van der Waals surface area contributed by atoms with Gasteiger partial charge in [-0.15, -0.1) is 10.2 Å². The second-order valence-corrected chi connectivity index (χ2v) is 9.53. The highest BCUT2D eigenvalue weighted by molar-refractivity contribution is 7.99. The SMILES string of the molecule is COC(=O)CNC(=O)CSc1nnc(-c2ccc(C(C)(C)C)cc2)n1C1CCCC1. The van der Waals surface area contributed by atoms with Crippen LogP contribution in [0.5, 0.6) is 0 Å². The molecule has 1 fully saturated rings. The second kappa shape index (κ2) is 9.64. The lowest BCUT2D eigenvalue weighted by molar-refractivity contribution is -0.140. The summed E-state index contributed by atoms with van der Waals surface area (Å²) in [5.41, 5.74) is 2.40. The molecular weight excluding hydrogens is 400 g/mol. The van der Waals surface area contributed by atoms with Crippen LogP contribution in [0.25, 0.3) is 11.4 Å². The molecule has 2 aromatic rings. The van der Waals surface area contributed by atoms with E-state index in [9.17, 15) is 9.59 Å². The van der Waals surface area contributed by atoms with Crippen molar-refractivity contribution < 1.29 is 14.3 Å². The number of carbonyl (C=O) groups is 2. The number of benzene rings is 1. The van der Waals surface area contributed by atoms with Crippen molar-refractivity contribution in [1.29, 1.82) is 0 Å². The Morgan fingerprint density at radius 1 is 1.17 bits per heavy atom. The lowest BCUT2D eigenvalue weighted by Crippen LogP contribution is -2.31. The molecule has 1 aliphatic rings. The van der Waals surface area contributed by atoms with Gasteiger partial charge in [0.25, 0.3) is 0 Å². The smallest absolute Gasteiger partial charge is 0.325 e. The molecule has 30 heavy (non-hydrogen) atoms. The zero-order chi connectivity index (χ0) is 21.7. The van der Waals surface area contributed by atoms with Crippen LogP contribution in [0.4, 0.5) is 0 Å². The first-order valence-electron chi connectivity index (χ1n) is 10.3. The number of nitrogens with zero attached hydrogens (tertiary/aromatic N) is 3. The maximum atomic E-state index is 12.1. The van der Waals surface area contributed by atoms with Gasteiger partial charge >= 0.3 is 5.97 Å². The van der Waals surface area contributed by atoms with Gasteiger partial charge in [0.1, 0.15) is 6.54 Å². The molecule has 0 saturated heterocycles. The molecule has 0 unspecified atom stereocenters. The Morgan fingerprint density at radius 3 is 2.43 bits per heavy atom. The number of ether oxygens (including phenoxy) is 1. The van der Waals surface area contributed by atoms with Crippen LogP contribution in [0.15, 0.2) is 29.4 Å². The van der Waals surface area contributed by atoms with Gasteiger partial charge in [-0.1, -0.05) is 69.6 Å². The number of nitrogens with one attached hydrogen (secondary N) is 1. The van der Waals surface area contributed by atoms with E-state index in [-0.39, 0.29) is 23.6 Å². The number of carbonyl (C=O) groups excluding carboxylic acids is 2. The minimum atomic E-state index is -0.469. The number of methoxy groups -OCH3 is 1. The van der Waals surface area contributed by atoms with Crippen LogP contribution in [0.1, 0.15) is 58.1 Å². The van der Waals surface area contributed by atoms with Crippen LogP contribution in [-0.2, 0) is 19.7 Å². The van der Waals surface area contributed by atoms with E-state index in [0.29, 0.717) is 6.04 Å². The molecular formula is C22H30N4O3S. The van der Waals surface area contributed by atoms with Gasteiger partial charge in [-0.05, 0) is 23.8 Å². The molecule has 0 atom stereocenters. The molecule has 162 valence electrons. The van der Waals surface area contributed by atoms with E-state index in [1.807, 2.05) is 0 Å². The molecule has 7 nitrogen and oxygen atoms in total. The van der Waals surface area contributed by atoms with Crippen LogP contribution >= 0.6 is 11.8 Å². The molecule has 0 radical (unpaired) electrons. The summed E-state index contributed by atoms with van der Waals surface area (Å²) in [7, 11) is 1.29. The number of aromatic nitrogens is 3. The lowest BCUT2D eigenvalue weighted by Gasteiger charge is -2.20. The van der Waals surface area contributed by atoms with Crippen LogP contribution in [0.3, 0.4) is 0 Å². The first-order valence-corrected chi connectivity index (χ1v) is 11.3. The zero-order valence-electron chi connectivity index (χ0n) is 18.1. The molecule has 0 aliphatic heterocycles. The third kappa shape index (κ3) is 5.41. The Kier molecular flexibility index (Phi) is 7.18. The van der Waals surface area contributed by atoms with Gasteiger partial charge in [-0.3, -0.25) is 14.2 Å². The van der Waals surface area contributed by atoms with E-state index in [1.165, 1.54) is 37.3 Å². The first kappa shape index (κ1) is 22.3. The molecule has 1 N–H and O–H groups in total. The second-order valence-electron chi connectivity index (χ2n) is 8.58. The molecule has 0 spiro atoms. The fourth-order valence-corrected chi connectivity index (χ4v) is 4.44. The molecule has 1 aromatic carbocycles. The van der Waals surface area contributed by atoms with Crippen LogP contribution in [0, 0.1) is 0 Å². The van der Waals surface area contributed by atoms with Crippen molar-refractivity contribution in [1.82, 2.24) is 20.1 Å². The average molecular weight is 431 g/mol. The molecule has 3 rings (SSSR count). The number of hydrogen-bond donors (Lipinski definition) is 1. The lowest BCUT2D eigenvalue weighted by atomic mass is 9.86. The van der Waals surface area contributed by atoms with Crippen LogP contribution in [0.2, 0.25) is 0 Å². The topological polar surface area (TPSA) is 86.1 Å². The number of rotatable bonds is 7. The Balaban J connectivity index is 1.79. The molecule has 1 heterocycles. The highest BCUT2D eigenvalue weighted by Crippen LogP contribution is 2.37. The van der Waals surface area contributed by atoms with E-state index in [4.69, 9.17) is 0 Å². The van der Waals surface area contributed by atoms with E-state index in [0.717, 1.165) is 29.4 Å². The van der Waals surface area contributed by atoms with Gasteiger partial charge in [0, 0.05) is 11.6 Å². The van der Waals surface area contributed by atoms with Gasteiger partial charge in [0.05, 0.1) is 12.9 Å². The minimum Gasteiger partial charge on any atom is -0.468 e. The average Bonchev–Trinajstić information content (AvgIpc) is 3.39. The summed E-state index contributed by atoms with van der Waals surface area (Å²) in [5, 5.41) is 12.2. The summed E-state index contributed by atoms with van der Waals surface area (Å²) in [6, 6.07) is 8.85. The Labute approximate surface area is 182 Å². The fourth-order valence-electron chi connectivity index (χ4n) is 3.61. The summed E-state index contributed by atoms with van der Waals surface area (Å²) in [6.07, 6.45) is 4.56. The third-order valence-corrected chi connectivity index (χ3v) is 6.30. The van der Waals surface area contributed by atoms with Crippen molar-refractivity contribution in [2.75, 3.05) is 19.4 Å². The van der Waals surface area contributed by atoms with Crippen molar-refractivity contribution in [2.45, 2.75) is 63.1 Å². The normalized spacial score (nSPS) is 14.7. The first-order chi connectivity index (χ1) is 14.3. The van der Waals surface area contributed by atoms with Crippen molar-refractivity contribution in [3.8, 4) is 11.4 Å². The highest BCUT2D eigenvalue weighted by Gasteiger charge is 2.25. The number of esters is 1. The predicted octanol–water partition coefficient (Wildman–Crippen LogP) is 3.74. The molecule has 1 aliphatic carbocycles. The summed E-state index contributed by atoms with van der Waals surface area (Å²) in [5.74, 6) is 0.316. The largest absolute Gasteiger partial charge is 0.468 e. The summed E-state index contributed by atoms with van der Waals surface area (Å²) in [4.78, 5) is 23.3. The van der Waals surface area contributed by atoms with Crippen molar-refractivity contribution in [3.63, 3.8) is 0 Å². The van der Waals surface area contributed by atoms with Gasteiger partial charge in [-0.25, -0.2) is 0 Å². The van der Waals surface area contributed by atoms with Crippen molar-refractivity contribution in [2.24, 2.45) is 0 Å². The maximum Gasteiger partial charge on any atom is 0.325 e. The van der Waals surface area contributed by atoms with Gasteiger partial charge < -0.3 is 10.1 Å². The predicted molar refractivity (Wildman–Crippen MR) is 117 cm³/mol. The number of amides is 1. The third-order valence-electron chi connectivity index (χ3n) is 5.35. The van der Waals surface area contributed by atoms with Gasteiger partial charge in [0.2, 0.25) is 5.91 Å². The zero-order valence-corrected chi connectivity index (χ0v) is 18.9. The summed E-state index contributed by atoms with van der Waals surface area (Å²) < 4.78 is 6.74. The van der Waals surface area contributed by atoms with Crippen LogP contribution < -0.4 is 5.32 Å². The Morgan fingerprint density at radius 2 is 1.83 bits per heavy atom. The standard InChI is InChI=1S/C22H30N4O3S/c1-22(2,3)16-11-9-15(10-12-16)20-24-25-21(26(20)17-7-5-6-8-17)30-14-18(27)23-13-19(28)29-4/h9-12,17H,5-8,13-14H2,1-4H3,(H,23,27). The van der Waals surface area contributed by atoms with Gasteiger partial charge in [0.15, 0.2) is 11.0 Å². The van der Waals surface area contributed by atoms with E-state index < -0.39 is 5.97 Å². The highest BCUT2D eigenvalue weighted by atomic mass is 32.2. The minimum absolute atomic E-state index is 0.0935. The monoisotopic (exact) mass is 430 g/mol. The van der Waals surface area contributed by atoms with Crippen LogP contribution in [-0.4, -0.2) is 46.0 Å². The van der Waals surface area contributed by atoms with Gasteiger partial charge in [-0.2, -0.15) is 0 Å². The van der Waals surface area contributed by atoms with E-state index >= 15 is 0 Å². The van der Waals surface area contributed by atoms with E-state index in [2.05, 4.69) is 69.9 Å². The van der Waals surface area contributed by atoms with Crippen molar-refractivity contribution in [3.05, 3.63) is 29.8 Å². The number of hydrogen-bond acceptors (Lipinski definition) is 6. The quantitative estimate of drug-likeness (QED) is 0.532. The molecule has 0 bridgehead atoms. The molecule has 1 saturated carbocycles. The molecule has 1 aromatic heterocycles. The Hall–Kier alpha value is -2.35. The summed E-state index contributed by atoms with van der Waals surface area (Å²) in [6.45, 7) is 6.46. The molecule has 8 heteroatoms. The van der Waals surface area contributed by atoms with Crippen molar-refractivity contribution >= 4 is 23.6 Å². The maximum absolute atomic E-state index is 12.1. The number of thioether (sulfide) groups is 1. The Bertz CT molecular complexity index is 881. The fraction of sp³-hybridized carbons (Fsp3) is 0.545. The molecule has 1 amide bonds.